The summed E-state index contributed by atoms with van der Waals surface area (Å²) in [7, 11) is 0. The van der Waals surface area contributed by atoms with Crippen LogP contribution in [0.15, 0.2) is 194 Å². The van der Waals surface area contributed by atoms with E-state index in [-0.39, 0.29) is 0 Å². The van der Waals surface area contributed by atoms with Crippen LogP contribution in [0.4, 0.5) is 0 Å². The first-order chi connectivity index (χ1) is 25.3. The van der Waals surface area contributed by atoms with Gasteiger partial charge in [0.2, 0.25) is 0 Å². The lowest BCUT2D eigenvalue weighted by Crippen LogP contribution is -1.94. The molecule has 0 amide bonds. The predicted octanol–water partition coefficient (Wildman–Crippen LogP) is 13.2. The molecular weight excluding hydrogens is 617 g/mol. The van der Waals surface area contributed by atoms with Gasteiger partial charge in [0.1, 0.15) is 0 Å². The van der Waals surface area contributed by atoms with Crippen molar-refractivity contribution in [2.45, 2.75) is 0 Å². The van der Waals surface area contributed by atoms with Crippen molar-refractivity contribution in [1.29, 1.82) is 0 Å². The van der Waals surface area contributed by atoms with Crippen LogP contribution in [0.1, 0.15) is 0 Å². The zero-order valence-electron chi connectivity index (χ0n) is 27.9. The Hall–Kier alpha value is -6.77. The van der Waals surface area contributed by atoms with Gasteiger partial charge < -0.3 is 4.57 Å². The van der Waals surface area contributed by atoms with Crippen LogP contribution in [-0.4, -0.2) is 9.55 Å². The maximum Gasteiger partial charge on any atom is 0.0571 e. The standard InChI is InChI=1S/C49H32N2/c1-4-12-33(13-5-1)34-20-24-39(25-21-34)51-46-27-23-38(30-43(46)45-32-50-29-28-47(45)51)37-22-26-42-44(31-37)49(36-16-8-3-9-17-36)41-19-11-10-18-40(41)48(42)35-14-6-2-7-15-35/h1-32H. The van der Waals surface area contributed by atoms with E-state index in [0.29, 0.717) is 0 Å². The average Bonchev–Trinajstić information content (AvgIpc) is 3.54. The van der Waals surface area contributed by atoms with Crippen LogP contribution in [0.25, 0.3) is 93.5 Å². The van der Waals surface area contributed by atoms with E-state index < -0.39 is 0 Å². The van der Waals surface area contributed by atoms with Crippen molar-refractivity contribution in [2.24, 2.45) is 0 Å². The molecule has 10 aromatic rings. The molecule has 0 aliphatic heterocycles. The third kappa shape index (κ3) is 4.84. The van der Waals surface area contributed by atoms with Crippen LogP contribution in [0.5, 0.6) is 0 Å². The number of hydrogen-bond donors (Lipinski definition) is 0. The molecular formula is C49H32N2. The minimum atomic E-state index is 1.13. The van der Waals surface area contributed by atoms with Gasteiger partial charge in [0.15, 0.2) is 0 Å². The number of aromatic nitrogens is 2. The van der Waals surface area contributed by atoms with Gasteiger partial charge in [-0.25, -0.2) is 0 Å². The molecule has 0 saturated heterocycles. The highest BCUT2D eigenvalue weighted by Crippen LogP contribution is 2.45. The van der Waals surface area contributed by atoms with Crippen LogP contribution in [-0.2, 0) is 0 Å². The molecule has 0 unspecified atom stereocenters. The topological polar surface area (TPSA) is 17.8 Å². The van der Waals surface area contributed by atoms with Gasteiger partial charge >= 0.3 is 0 Å². The van der Waals surface area contributed by atoms with Gasteiger partial charge in [-0.3, -0.25) is 4.98 Å². The summed E-state index contributed by atoms with van der Waals surface area (Å²) >= 11 is 0. The van der Waals surface area contributed by atoms with Crippen molar-refractivity contribution < 1.29 is 0 Å². The zero-order valence-corrected chi connectivity index (χ0v) is 27.9. The molecule has 0 spiro atoms. The van der Waals surface area contributed by atoms with Crippen molar-refractivity contribution in [3.05, 3.63) is 194 Å². The zero-order chi connectivity index (χ0) is 33.7. The van der Waals surface area contributed by atoms with Crippen molar-refractivity contribution in [2.75, 3.05) is 0 Å². The van der Waals surface area contributed by atoms with Crippen molar-refractivity contribution >= 4 is 43.4 Å². The smallest absolute Gasteiger partial charge is 0.0571 e. The third-order valence-electron chi connectivity index (χ3n) is 10.3. The average molecular weight is 649 g/mol. The van der Waals surface area contributed by atoms with Crippen LogP contribution >= 0.6 is 0 Å². The molecule has 2 aromatic heterocycles. The Bertz CT molecular complexity index is 2870. The first-order valence-electron chi connectivity index (χ1n) is 17.5. The van der Waals surface area contributed by atoms with Crippen LogP contribution in [0, 0.1) is 0 Å². The van der Waals surface area contributed by atoms with Gasteiger partial charge in [-0.1, -0.05) is 146 Å². The molecule has 10 rings (SSSR count). The van der Waals surface area contributed by atoms with Crippen LogP contribution in [0.3, 0.4) is 0 Å². The summed E-state index contributed by atoms with van der Waals surface area (Å²) in [5.74, 6) is 0. The van der Waals surface area contributed by atoms with Crippen LogP contribution < -0.4 is 0 Å². The summed E-state index contributed by atoms with van der Waals surface area (Å²) in [5.41, 5.74) is 13.2. The second-order valence-corrected chi connectivity index (χ2v) is 13.2. The Labute approximate surface area is 296 Å². The monoisotopic (exact) mass is 648 g/mol. The summed E-state index contributed by atoms with van der Waals surface area (Å²) in [6.45, 7) is 0. The Morgan fingerprint density at radius 1 is 0.314 bits per heavy atom. The fraction of sp³-hybridized carbons (Fsp3) is 0. The number of rotatable bonds is 5. The number of pyridine rings is 1. The van der Waals surface area contributed by atoms with E-state index in [1.165, 1.54) is 71.4 Å². The summed E-state index contributed by atoms with van der Waals surface area (Å²) in [6.07, 6.45) is 3.89. The van der Waals surface area contributed by atoms with Gasteiger partial charge in [0, 0.05) is 28.9 Å². The molecule has 0 bridgehead atoms. The maximum absolute atomic E-state index is 4.57. The van der Waals surface area contributed by atoms with Gasteiger partial charge in [-0.2, -0.15) is 0 Å². The van der Waals surface area contributed by atoms with Gasteiger partial charge in [0.05, 0.1) is 11.0 Å². The third-order valence-corrected chi connectivity index (χ3v) is 10.3. The summed E-state index contributed by atoms with van der Waals surface area (Å²) in [4.78, 5) is 4.57. The fourth-order valence-electron chi connectivity index (χ4n) is 7.95. The van der Waals surface area contributed by atoms with E-state index >= 15 is 0 Å². The quantitative estimate of drug-likeness (QED) is 0.170. The lowest BCUT2D eigenvalue weighted by atomic mass is 9.85. The summed E-state index contributed by atoms with van der Waals surface area (Å²) in [5, 5.41) is 7.36. The molecule has 238 valence electrons. The van der Waals surface area contributed by atoms with Crippen molar-refractivity contribution in [1.82, 2.24) is 9.55 Å². The van der Waals surface area contributed by atoms with Gasteiger partial charge in [-0.05, 0) is 102 Å². The van der Waals surface area contributed by atoms with Crippen molar-refractivity contribution in [3.8, 4) is 50.2 Å². The molecule has 2 heteroatoms. The molecule has 0 N–H and O–H groups in total. The highest BCUT2D eigenvalue weighted by molar-refractivity contribution is 6.22. The SMILES string of the molecule is c1ccc(-c2ccc(-n3c4ccncc4c4cc(-c5ccc6c(-c7ccccc7)c7ccccc7c(-c7ccccc7)c6c5)ccc43)cc2)cc1. The lowest BCUT2D eigenvalue weighted by molar-refractivity contribution is 1.17. The normalized spacial score (nSPS) is 11.5. The van der Waals surface area contributed by atoms with E-state index in [4.69, 9.17) is 0 Å². The van der Waals surface area contributed by atoms with Gasteiger partial charge in [-0.15, -0.1) is 0 Å². The molecule has 0 fully saturated rings. The maximum atomic E-state index is 4.57. The van der Waals surface area contributed by atoms with E-state index in [2.05, 4.69) is 192 Å². The van der Waals surface area contributed by atoms with E-state index in [9.17, 15) is 0 Å². The second-order valence-electron chi connectivity index (χ2n) is 13.2. The largest absolute Gasteiger partial charge is 0.309 e. The van der Waals surface area contributed by atoms with Crippen LogP contribution in [0.2, 0.25) is 0 Å². The summed E-state index contributed by atoms with van der Waals surface area (Å²) < 4.78 is 2.36. The first kappa shape index (κ1) is 29.2. The molecule has 0 aliphatic rings. The molecule has 0 aliphatic carbocycles. The summed E-state index contributed by atoms with van der Waals surface area (Å²) in [6, 6.07) is 65.9. The number of hydrogen-bond acceptors (Lipinski definition) is 1. The number of fused-ring (bicyclic) bond motifs is 5. The first-order valence-corrected chi connectivity index (χ1v) is 17.5. The fourth-order valence-corrected chi connectivity index (χ4v) is 7.95. The molecule has 2 nitrogen and oxygen atoms in total. The second kappa shape index (κ2) is 12.0. The molecule has 0 radical (unpaired) electrons. The Balaban J connectivity index is 1.18. The Morgan fingerprint density at radius 3 is 1.43 bits per heavy atom. The molecule has 8 aromatic carbocycles. The minimum absolute atomic E-state index is 1.13. The molecule has 51 heavy (non-hydrogen) atoms. The van der Waals surface area contributed by atoms with Crippen molar-refractivity contribution in [3.63, 3.8) is 0 Å². The Kier molecular flexibility index (Phi) is 6.85. The Morgan fingerprint density at radius 2 is 0.784 bits per heavy atom. The minimum Gasteiger partial charge on any atom is -0.309 e. The molecule has 0 saturated carbocycles. The van der Waals surface area contributed by atoms with E-state index in [1.54, 1.807) is 0 Å². The lowest BCUT2D eigenvalue weighted by Gasteiger charge is -2.18. The predicted molar refractivity (Wildman–Crippen MR) is 215 cm³/mol. The molecule has 2 heterocycles. The molecule has 0 atom stereocenters. The number of benzene rings is 8. The number of nitrogens with zero attached hydrogens (tertiary/aromatic N) is 2. The van der Waals surface area contributed by atoms with Gasteiger partial charge in [0.25, 0.3) is 0 Å². The van der Waals surface area contributed by atoms with E-state index in [1.807, 2.05) is 12.4 Å². The van der Waals surface area contributed by atoms with E-state index in [0.717, 1.165) is 22.1 Å². The highest BCUT2D eigenvalue weighted by atomic mass is 15.0. The highest BCUT2D eigenvalue weighted by Gasteiger charge is 2.18.